The molecule has 0 heterocycles. The highest BCUT2D eigenvalue weighted by Crippen LogP contribution is 2.47. The van der Waals surface area contributed by atoms with E-state index in [0.29, 0.717) is 0 Å². The van der Waals surface area contributed by atoms with Crippen molar-refractivity contribution in [2.75, 3.05) is 0 Å². The van der Waals surface area contributed by atoms with E-state index in [2.05, 4.69) is 0 Å². The molecule has 80 valence electrons. The molecule has 3 saturated carbocycles. The van der Waals surface area contributed by atoms with Crippen LogP contribution in [0.25, 0.3) is 0 Å². The summed E-state index contributed by atoms with van der Waals surface area (Å²) in [7, 11) is 0. The molecule has 4 atom stereocenters. The maximum absolute atomic E-state index is 1.62. The normalized spacial score (nSPS) is 48.0. The van der Waals surface area contributed by atoms with E-state index in [9.17, 15) is 0 Å². The fraction of sp³-hybridized carbons (Fsp3) is 1.00. The molecular formula is C14H24. The van der Waals surface area contributed by atoms with Crippen molar-refractivity contribution >= 4 is 0 Å². The summed E-state index contributed by atoms with van der Waals surface area (Å²) in [6.07, 6.45) is 15.7. The second-order valence-corrected chi connectivity index (χ2v) is 6.07. The minimum atomic E-state index is 1.15. The molecule has 0 bridgehead atoms. The Hall–Kier alpha value is 0. The summed E-state index contributed by atoms with van der Waals surface area (Å²) in [6.45, 7) is 0. The monoisotopic (exact) mass is 192 g/mol. The third-order valence-corrected chi connectivity index (χ3v) is 5.39. The molecule has 3 fully saturated rings. The Morgan fingerprint density at radius 1 is 0.429 bits per heavy atom. The zero-order chi connectivity index (χ0) is 9.38. The van der Waals surface area contributed by atoms with Crippen LogP contribution in [-0.2, 0) is 0 Å². The van der Waals surface area contributed by atoms with Gasteiger partial charge in [-0.1, -0.05) is 57.8 Å². The van der Waals surface area contributed by atoms with Gasteiger partial charge in [0.15, 0.2) is 0 Å². The molecule has 14 heavy (non-hydrogen) atoms. The van der Waals surface area contributed by atoms with E-state index >= 15 is 0 Å². The molecule has 0 radical (unpaired) electrons. The van der Waals surface area contributed by atoms with Gasteiger partial charge in [-0.3, -0.25) is 0 Å². The summed E-state index contributed by atoms with van der Waals surface area (Å²) in [6, 6.07) is 0. The smallest absolute Gasteiger partial charge is 0.0383 e. The summed E-state index contributed by atoms with van der Waals surface area (Å²) in [5, 5.41) is 0. The Labute approximate surface area is 88.5 Å². The highest BCUT2D eigenvalue weighted by molar-refractivity contribution is 4.87. The van der Waals surface area contributed by atoms with Gasteiger partial charge in [0.1, 0.15) is 0 Å². The third kappa shape index (κ3) is 1.61. The van der Waals surface area contributed by atoms with E-state index in [1.54, 1.807) is 64.2 Å². The average Bonchev–Trinajstić information content (AvgIpc) is 2.75. The lowest BCUT2D eigenvalue weighted by Crippen LogP contribution is -2.19. The second kappa shape index (κ2) is 3.87. The first kappa shape index (κ1) is 9.24. The molecule has 0 saturated heterocycles. The molecule has 0 amide bonds. The first-order chi connectivity index (χ1) is 6.93. The van der Waals surface area contributed by atoms with Crippen LogP contribution in [0.2, 0.25) is 0 Å². The van der Waals surface area contributed by atoms with Crippen LogP contribution in [-0.4, -0.2) is 0 Å². The van der Waals surface area contributed by atoms with Gasteiger partial charge in [-0.05, 0) is 30.1 Å². The topological polar surface area (TPSA) is 0 Å². The lowest BCUT2D eigenvalue weighted by atomic mass is 9.76. The summed E-state index contributed by atoms with van der Waals surface area (Å²) >= 11 is 0. The van der Waals surface area contributed by atoms with Crippen LogP contribution in [0.1, 0.15) is 64.2 Å². The van der Waals surface area contributed by atoms with Crippen molar-refractivity contribution in [3.8, 4) is 0 Å². The van der Waals surface area contributed by atoms with Crippen molar-refractivity contribution in [3.63, 3.8) is 0 Å². The van der Waals surface area contributed by atoms with Crippen molar-refractivity contribution in [1.82, 2.24) is 0 Å². The van der Waals surface area contributed by atoms with E-state index < -0.39 is 0 Å². The molecule has 3 aliphatic rings. The van der Waals surface area contributed by atoms with E-state index in [4.69, 9.17) is 0 Å². The summed E-state index contributed by atoms with van der Waals surface area (Å²) in [5.41, 5.74) is 0. The van der Waals surface area contributed by atoms with Crippen LogP contribution in [0, 0.1) is 23.7 Å². The van der Waals surface area contributed by atoms with E-state index in [1.807, 2.05) is 0 Å². The third-order valence-electron chi connectivity index (χ3n) is 5.39. The van der Waals surface area contributed by atoms with Gasteiger partial charge in [-0.2, -0.15) is 0 Å². The highest BCUT2D eigenvalue weighted by atomic mass is 14.4. The van der Waals surface area contributed by atoms with Crippen molar-refractivity contribution in [2.24, 2.45) is 23.7 Å². The largest absolute Gasteiger partial charge is 0.0528 e. The molecule has 0 heteroatoms. The summed E-state index contributed by atoms with van der Waals surface area (Å²) in [4.78, 5) is 0. The molecule has 3 rings (SSSR count). The van der Waals surface area contributed by atoms with Gasteiger partial charge in [-0.25, -0.2) is 0 Å². The maximum atomic E-state index is 1.62. The van der Waals surface area contributed by atoms with Crippen LogP contribution in [0.5, 0.6) is 0 Å². The standard InChI is InChI=1S/C14H24/c1-4-11-6-2-8-13(11)10-14-9-3-7-12(14)5-1/h11-14H,1-10H2. The molecule has 0 nitrogen and oxygen atoms in total. The molecule has 4 unspecified atom stereocenters. The Bertz CT molecular complexity index is 176. The number of hydrogen-bond acceptors (Lipinski definition) is 0. The van der Waals surface area contributed by atoms with E-state index in [1.165, 1.54) is 0 Å². The summed E-state index contributed by atoms with van der Waals surface area (Å²) in [5.74, 6) is 4.61. The SMILES string of the molecule is C1CC2CCCC2CC2CCCC2C1. The molecule has 0 aromatic carbocycles. The van der Waals surface area contributed by atoms with Crippen molar-refractivity contribution in [3.05, 3.63) is 0 Å². The first-order valence-corrected chi connectivity index (χ1v) is 6.93. The van der Waals surface area contributed by atoms with Gasteiger partial charge in [0.2, 0.25) is 0 Å². The molecule has 0 aromatic heterocycles. The van der Waals surface area contributed by atoms with Crippen molar-refractivity contribution < 1.29 is 0 Å². The van der Waals surface area contributed by atoms with Crippen LogP contribution >= 0.6 is 0 Å². The molecule has 3 aliphatic carbocycles. The minimum absolute atomic E-state index is 1.15. The lowest BCUT2D eigenvalue weighted by molar-refractivity contribution is 0.208. The van der Waals surface area contributed by atoms with Crippen LogP contribution in [0.3, 0.4) is 0 Å². The maximum Gasteiger partial charge on any atom is -0.0383 e. The Morgan fingerprint density at radius 2 is 0.786 bits per heavy atom. The Kier molecular flexibility index (Phi) is 2.55. The molecular weight excluding hydrogens is 168 g/mol. The van der Waals surface area contributed by atoms with Gasteiger partial charge in [0.25, 0.3) is 0 Å². The fourth-order valence-electron chi connectivity index (χ4n) is 4.64. The van der Waals surface area contributed by atoms with Crippen LogP contribution < -0.4 is 0 Å². The first-order valence-electron chi connectivity index (χ1n) is 6.93. The predicted octanol–water partition coefficient (Wildman–Crippen LogP) is 4.39. The summed E-state index contributed by atoms with van der Waals surface area (Å²) < 4.78 is 0. The second-order valence-electron chi connectivity index (χ2n) is 6.07. The van der Waals surface area contributed by atoms with Gasteiger partial charge < -0.3 is 0 Å². The predicted molar refractivity (Wildman–Crippen MR) is 60.1 cm³/mol. The molecule has 0 N–H and O–H groups in total. The van der Waals surface area contributed by atoms with Gasteiger partial charge >= 0.3 is 0 Å². The Balaban J connectivity index is 1.70. The quantitative estimate of drug-likeness (QED) is 0.534. The van der Waals surface area contributed by atoms with Gasteiger partial charge in [0.05, 0.1) is 0 Å². The number of hydrogen-bond donors (Lipinski definition) is 0. The van der Waals surface area contributed by atoms with Crippen LogP contribution in [0.15, 0.2) is 0 Å². The molecule has 0 aliphatic heterocycles. The zero-order valence-corrected chi connectivity index (χ0v) is 9.38. The molecule has 0 spiro atoms. The van der Waals surface area contributed by atoms with Crippen LogP contribution in [0.4, 0.5) is 0 Å². The zero-order valence-electron chi connectivity index (χ0n) is 9.38. The average molecular weight is 192 g/mol. The minimum Gasteiger partial charge on any atom is -0.0528 e. The van der Waals surface area contributed by atoms with Gasteiger partial charge in [0, 0.05) is 0 Å². The Morgan fingerprint density at radius 3 is 1.21 bits per heavy atom. The fourth-order valence-corrected chi connectivity index (χ4v) is 4.64. The van der Waals surface area contributed by atoms with E-state index in [-0.39, 0.29) is 0 Å². The lowest BCUT2D eigenvalue weighted by Gasteiger charge is -2.30. The molecule has 0 aromatic rings. The van der Waals surface area contributed by atoms with Gasteiger partial charge in [-0.15, -0.1) is 0 Å². The number of rotatable bonds is 0. The van der Waals surface area contributed by atoms with E-state index in [0.717, 1.165) is 23.7 Å². The highest BCUT2D eigenvalue weighted by Gasteiger charge is 2.35. The van der Waals surface area contributed by atoms with Crippen molar-refractivity contribution in [2.45, 2.75) is 64.2 Å². The van der Waals surface area contributed by atoms with Crippen molar-refractivity contribution in [1.29, 1.82) is 0 Å². The number of fused-ring (bicyclic) bond motifs is 2.